The average Bonchev–Trinajstić information content (AvgIpc) is 2.94. The molecule has 3 aromatic rings. The minimum Gasteiger partial charge on any atom is -0.378 e. The molecule has 0 spiro atoms. The van der Waals surface area contributed by atoms with Gasteiger partial charge >= 0.3 is 0 Å². The van der Waals surface area contributed by atoms with E-state index in [0.29, 0.717) is 36.9 Å². The molecule has 0 N–H and O–H groups in total. The van der Waals surface area contributed by atoms with Crippen LogP contribution in [0, 0.1) is 11.3 Å². The molecule has 1 aliphatic heterocycles. The van der Waals surface area contributed by atoms with E-state index < -0.39 is 0 Å². The highest BCUT2D eigenvalue weighted by Crippen LogP contribution is 2.34. The van der Waals surface area contributed by atoms with Gasteiger partial charge in [-0.25, -0.2) is 4.98 Å². The molecule has 0 aliphatic carbocycles. The standard InChI is InChI=1S/C24H21N3O2S.2C2H6/c25-16-21-20(18-7-3-1-4-8-18)15-22(19-9-5-2-6-10-19)26-24(21)30-17-23(28)27-11-13-29-14-12-27;2*1-2/h1-10,15H,11-14,17H2;2*1-2H3. The van der Waals surface area contributed by atoms with Crippen molar-refractivity contribution in [3.05, 3.63) is 72.3 Å². The van der Waals surface area contributed by atoms with E-state index >= 15 is 0 Å². The van der Waals surface area contributed by atoms with Crippen molar-refractivity contribution in [2.45, 2.75) is 32.7 Å². The normalized spacial score (nSPS) is 12.4. The van der Waals surface area contributed by atoms with Gasteiger partial charge < -0.3 is 9.64 Å². The highest BCUT2D eigenvalue weighted by atomic mass is 32.2. The lowest BCUT2D eigenvalue weighted by atomic mass is 9.99. The minimum absolute atomic E-state index is 0.0420. The summed E-state index contributed by atoms with van der Waals surface area (Å²) in [5.74, 6) is 0.286. The van der Waals surface area contributed by atoms with Gasteiger partial charge in [-0.3, -0.25) is 4.79 Å². The molecule has 5 nitrogen and oxygen atoms in total. The first-order valence-corrected chi connectivity index (χ1v) is 12.8. The van der Waals surface area contributed by atoms with Gasteiger partial charge in [-0.1, -0.05) is 100 Å². The van der Waals surface area contributed by atoms with Crippen LogP contribution in [0.5, 0.6) is 0 Å². The van der Waals surface area contributed by atoms with Gasteiger partial charge in [-0.15, -0.1) is 0 Å². The third-order valence-electron chi connectivity index (χ3n) is 4.95. The third-order valence-corrected chi connectivity index (χ3v) is 5.91. The molecular weight excluding hydrogens is 442 g/mol. The second-order valence-corrected chi connectivity index (χ2v) is 7.82. The van der Waals surface area contributed by atoms with Crippen LogP contribution in [0.2, 0.25) is 0 Å². The molecule has 0 radical (unpaired) electrons. The second-order valence-electron chi connectivity index (χ2n) is 6.86. The summed E-state index contributed by atoms with van der Waals surface area (Å²) < 4.78 is 5.32. The molecule has 34 heavy (non-hydrogen) atoms. The Labute approximate surface area is 207 Å². The number of amides is 1. The van der Waals surface area contributed by atoms with E-state index in [1.165, 1.54) is 11.8 Å². The molecule has 1 saturated heterocycles. The first kappa shape index (κ1) is 27.1. The van der Waals surface area contributed by atoms with Gasteiger partial charge in [0.25, 0.3) is 0 Å². The van der Waals surface area contributed by atoms with Crippen LogP contribution in [0.4, 0.5) is 0 Å². The van der Waals surface area contributed by atoms with Crippen LogP contribution in [-0.4, -0.2) is 47.8 Å². The second kappa shape index (κ2) is 14.9. The van der Waals surface area contributed by atoms with Crippen LogP contribution >= 0.6 is 11.8 Å². The lowest BCUT2D eigenvalue weighted by Gasteiger charge is -2.26. The molecular formula is C28H33N3O2S. The SMILES string of the molecule is CC.CC.N#Cc1c(-c2ccccc2)cc(-c2ccccc2)nc1SCC(=O)N1CCOCC1. The first-order valence-electron chi connectivity index (χ1n) is 11.8. The van der Waals surface area contributed by atoms with E-state index in [4.69, 9.17) is 9.72 Å². The highest BCUT2D eigenvalue weighted by molar-refractivity contribution is 8.00. The molecule has 178 valence electrons. The van der Waals surface area contributed by atoms with Crippen molar-refractivity contribution < 1.29 is 9.53 Å². The Hall–Kier alpha value is -3.14. The molecule has 2 aromatic carbocycles. The maximum Gasteiger partial charge on any atom is 0.233 e. The number of carbonyl (C=O) groups excluding carboxylic acids is 1. The van der Waals surface area contributed by atoms with Crippen molar-refractivity contribution >= 4 is 17.7 Å². The average molecular weight is 476 g/mol. The van der Waals surface area contributed by atoms with E-state index in [9.17, 15) is 10.1 Å². The molecule has 0 atom stereocenters. The van der Waals surface area contributed by atoms with Crippen molar-refractivity contribution in [1.29, 1.82) is 5.26 Å². The van der Waals surface area contributed by atoms with Crippen molar-refractivity contribution in [3.8, 4) is 28.5 Å². The Morgan fingerprint density at radius 3 is 2.09 bits per heavy atom. The number of nitriles is 1. The van der Waals surface area contributed by atoms with Gasteiger partial charge in [0.15, 0.2) is 0 Å². The Balaban J connectivity index is 0.000000970. The van der Waals surface area contributed by atoms with Crippen molar-refractivity contribution in [2.24, 2.45) is 0 Å². The molecule has 0 unspecified atom stereocenters. The number of morpholine rings is 1. The molecule has 0 saturated carbocycles. The molecule has 2 heterocycles. The van der Waals surface area contributed by atoms with E-state index in [0.717, 1.165) is 22.4 Å². The molecule has 4 rings (SSSR count). The molecule has 0 bridgehead atoms. The number of nitrogens with zero attached hydrogens (tertiary/aromatic N) is 3. The van der Waals surface area contributed by atoms with Crippen molar-refractivity contribution in [3.63, 3.8) is 0 Å². The largest absolute Gasteiger partial charge is 0.378 e. The Bertz CT molecular complexity index is 1060. The number of ether oxygens (including phenoxy) is 1. The van der Waals surface area contributed by atoms with Gasteiger partial charge in [-0.05, 0) is 11.6 Å². The summed E-state index contributed by atoms with van der Waals surface area (Å²) in [5, 5.41) is 10.5. The van der Waals surface area contributed by atoms with Gasteiger partial charge in [-0.2, -0.15) is 5.26 Å². The zero-order valence-electron chi connectivity index (χ0n) is 20.5. The van der Waals surface area contributed by atoms with E-state index in [1.54, 1.807) is 0 Å². The van der Waals surface area contributed by atoms with Crippen LogP contribution < -0.4 is 0 Å². The summed E-state index contributed by atoms with van der Waals surface area (Å²) in [6, 6.07) is 24.0. The number of hydrogen-bond donors (Lipinski definition) is 0. The summed E-state index contributed by atoms with van der Waals surface area (Å²) in [6.45, 7) is 10.4. The zero-order chi connectivity index (χ0) is 24.8. The number of hydrogen-bond acceptors (Lipinski definition) is 5. The predicted molar refractivity (Wildman–Crippen MR) is 141 cm³/mol. The van der Waals surface area contributed by atoms with Gasteiger partial charge in [0.05, 0.1) is 30.2 Å². The molecule has 1 aromatic heterocycles. The maximum atomic E-state index is 12.6. The third kappa shape index (κ3) is 7.18. The van der Waals surface area contributed by atoms with E-state index in [2.05, 4.69) is 6.07 Å². The lowest BCUT2D eigenvalue weighted by molar-refractivity contribution is -0.132. The summed E-state index contributed by atoms with van der Waals surface area (Å²) in [7, 11) is 0. The quantitative estimate of drug-likeness (QED) is 0.406. The minimum atomic E-state index is 0.0420. The molecule has 1 aliphatic rings. The fourth-order valence-corrected chi connectivity index (χ4v) is 4.28. The summed E-state index contributed by atoms with van der Waals surface area (Å²) in [4.78, 5) is 19.2. The van der Waals surface area contributed by atoms with E-state index in [1.807, 2.05) is 99.3 Å². The maximum absolute atomic E-state index is 12.6. The molecule has 1 fully saturated rings. The van der Waals surface area contributed by atoms with E-state index in [-0.39, 0.29) is 11.7 Å². The zero-order valence-corrected chi connectivity index (χ0v) is 21.3. The Morgan fingerprint density at radius 1 is 0.971 bits per heavy atom. The van der Waals surface area contributed by atoms with Gasteiger partial charge in [0, 0.05) is 24.2 Å². The number of aromatic nitrogens is 1. The number of thioether (sulfide) groups is 1. The molecule has 1 amide bonds. The van der Waals surface area contributed by atoms with Crippen molar-refractivity contribution in [2.75, 3.05) is 32.1 Å². The monoisotopic (exact) mass is 475 g/mol. The summed E-state index contributed by atoms with van der Waals surface area (Å²) >= 11 is 1.33. The van der Waals surface area contributed by atoms with Crippen LogP contribution in [-0.2, 0) is 9.53 Å². The van der Waals surface area contributed by atoms with Crippen LogP contribution in [0.3, 0.4) is 0 Å². The number of rotatable bonds is 5. The summed E-state index contributed by atoms with van der Waals surface area (Å²) in [6.07, 6.45) is 0. The number of benzene rings is 2. The fraction of sp³-hybridized carbons (Fsp3) is 0.321. The Morgan fingerprint density at radius 2 is 1.53 bits per heavy atom. The van der Waals surface area contributed by atoms with Gasteiger partial charge in [0.2, 0.25) is 5.91 Å². The topological polar surface area (TPSA) is 66.2 Å². The Kier molecular flexibility index (Phi) is 11.9. The van der Waals surface area contributed by atoms with Crippen LogP contribution in [0.25, 0.3) is 22.4 Å². The van der Waals surface area contributed by atoms with Crippen molar-refractivity contribution in [1.82, 2.24) is 9.88 Å². The smallest absolute Gasteiger partial charge is 0.233 e. The summed E-state index contributed by atoms with van der Waals surface area (Å²) in [5.41, 5.74) is 4.04. The van der Waals surface area contributed by atoms with Crippen LogP contribution in [0.1, 0.15) is 33.3 Å². The first-order chi connectivity index (χ1) is 16.8. The highest BCUT2D eigenvalue weighted by Gasteiger charge is 2.20. The van der Waals surface area contributed by atoms with Crippen LogP contribution in [0.15, 0.2) is 71.8 Å². The molecule has 6 heteroatoms. The van der Waals surface area contributed by atoms with Gasteiger partial charge in [0.1, 0.15) is 11.1 Å². The predicted octanol–water partition coefficient (Wildman–Crippen LogP) is 6.29. The number of pyridine rings is 1. The lowest BCUT2D eigenvalue weighted by Crippen LogP contribution is -2.41. The number of carbonyl (C=O) groups is 1. The fourth-order valence-electron chi connectivity index (χ4n) is 3.37.